The number of benzene rings is 1. The molecule has 0 aromatic heterocycles. The van der Waals surface area contributed by atoms with Crippen LogP contribution in [0.5, 0.6) is 0 Å². The molecule has 0 aliphatic heterocycles. The van der Waals surface area contributed by atoms with Crippen molar-refractivity contribution in [2.24, 2.45) is 5.84 Å². The van der Waals surface area contributed by atoms with Crippen LogP contribution >= 0.6 is 0 Å². The lowest BCUT2D eigenvalue weighted by molar-refractivity contribution is -0.384. The van der Waals surface area contributed by atoms with Crippen LogP contribution in [0.25, 0.3) is 0 Å². The van der Waals surface area contributed by atoms with Gasteiger partial charge >= 0.3 is 6.18 Å². The van der Waals surface area contributed by atoms with Crippen molar-refractivity contribution in [3.63, 3.8) is 0 Å². The van der Waals surface area contributed by atoms with Crippen LogP contribution in [0.15, 0.2) is 18.2 Å². The van der Waals surface area contributed by atoms with Gasteiger partial charge in [-0.2, -0.15) is 13.2 Å². The quantitative estimate of drug-likeness (QED) is 0.459. The predicted octanol–water partition coefficient (Wildman–Crippen LogP) is 2.65. The minimum atomic E-state index is -4.29. The molecule has 0 spiro atoms. The normalized spacial score (nSPS) is 11.7. The van der Waals surface area contributed by atoms with Crippen LogP contribution in [0.1, 0.15) is 18.9 Å². The summed E-state index contributed by atoms with van der Waals surface area (Å²) in [6.45, 7) is 1.08. The summed E-state index contributed by atoms with van der Waals surface area (Å²) in [5, 5.41) is 10.8. The molecule has 0 radical (unpaired) electrons. The number of rotatable bonds is 7. The molecule has 9 heteroatoms. The molecule has 3 N–H and O–H groups in total. The minimum Gasteiger partial charge on any atom is -0.318 e. The van der Waals surface area contributed by atoms with Crippen molar-refractivity contribution in [1.29, 1.82) is 0 Å². The lowest BCUT2D eigenvalue weighted by Gasteiger charge is -2.23. The Kier molecular flexibility index (Phi) is 5.91. The smallest absolute Gasteiger partial charge is 0.318 e. The molecule has 0 saturated heterocycles. The van der Waals surface area contributed by atoms with Crippen LogP contribution in [0.2, 0.25) is 0 Å². The Morgan fingerprint density at radius 1 is 1.43 bits per heavy atom. The third-order valence-electron chi connectivity index (χ3n) is 2.76. The third kappa shape index (κ3) is 5.56. The number of nitro groups is 1. The summed E-state index contributed by atoms with van der Waals surface area (Å²) in [6, 6.07) is 4.04. The molecule has 0 atom stereocenters. The molecule has 0 saturated carbocycles. The molecule has 6 nitrogen and oxygen atoms in total. The molecule has 118 valence electrons. The standard InChI is InChI=1S/C12H17F3N4O2/c1-2-5-18(8-12(13,14)15)7-9-3-4-11(19(20)21)10(6-9)17-16/h3-4,6,17H,2,5,7-8,16H2,1H3. The summed E-state index contributed by atoms with van der Waals surface area (Å²) in [6.07, 6.45) is -3.71. The summed E-state index contributed by atoms with van der Waals surface area (Å²) in [7, 11) is 0. The Bertz CT molecular complexity index is 494. The van der Waals surface area contributed by atoms with Crippen molar-refractivity contribution in [2.45, 2.75) is 26.1 Å². The Balaban J connectivity index is 2.91. The zero-order chi connectivity index (χ0) is 16.0. The van der Waals surface area contributed by atoms with E-state index < -0.39 is 17.6 Å². The Morgan fingerprint density at radius 2 is 2.10 bits per heavy atom. The van der Waals surface area contributed by atoms with E-state index >= 15 is 0 Å². The van der Waals surface area contributed by atoms with E-state index in [1.165, 1.54) is 23.1 Å². The number of nitrogens with one attached hydrogen (secondary N) is 1. The fourth-order valence-corrected chi connectivity index (χ4v) is 2.00. The third-order valence-corrected chi connectivity index (χ3v) is 2.76. The summed E-state index contributed by atoms with van der Waals surface area (Å²) in [5.74, 6) is 5.20. The molecular weight excluding hydrogens is 289 g/mol. The van der Waals surface area contributed by atoms with E-state index in [0.29, 0.717) is 12.0 Å². The highest BCUT2D eigenvalue weighted by Crippen LogP contribution is 2.26. The lowest BCUT2D eigenvalue weighted by atomic mass is 10.1. The number of anilines is 1. The highest BCUT2D eigenvalue weighted by Gasteiger charge is 2.30. The van der Waals surface area contributed by atoms with E-state index in [2.05, 4.69) is 5.43 Å². The number of nitrogen functional groups attached to an aromatic ring is 1. The number of nitrogens with two attached hydrogens (primary N) is 1. The first-order chi connectivity index (χ1) is 9.76. The first-order valence-corrected chi connectivity index (χ1v) is 6.30. The maximum absolute atomic E-state index is 12.5. The number of alkyl halides is 3. The molecule has 0 bridgehead atoms. The molecule has 0 fully saturated rings. The first-order valence-electron chi connectivity index (χ1n) is 6.30. The van der Waals surface area contributed by atoms with Gasteiger partial charge in [-0.3, -0.25) is 20.9 Å². The predicted molar refractivity (Wildman–Crippen MR) is 72.5 cm³/mol. The molecule has 1 aromatic rings. The fourth-order valence-electron chi connectivity index (χ4n) is 2.00. The van der Waals surface area contributed by atoms with Crippen molar-refractivity contribution in [3.8, 4) is 0 Å². The summed E-state index contributed by atoms with van der Waals surface area (Å²) >= 11 is 0. The molecule has 1 aromatic carbocycles. The van der Waals surface area contributed by atoms with Gasteiger partial charge in [-0.1, -0.05) is 13.0 Å². The second-order valence-corrected chi connectivity index (χ2v) is 4.58. The number of halogens is 3. The Morgan fingerprint density at radius 3 is 2.57 bits per heavy atom. The Labute approximate surface area is 119 Å². The summed E-state index contributed by atoms with van der Waals surface area (Å²) in [4.78, 5) is 11.4. The van der Waals surface area contributed by atoms with Crippen LogP contribution in [-0.4, -0.2) is 29.1 Å². The van der Waals surface area contributed by atoms with Gasteiger partial charge in [0, 0.05) is 12.6 Å². The van der Waals surface area contributed by atoms with Crippen molar-refractivity contribution >= 4 is 11.4 Å². The number of hydrogen-bond donors (Lipinski definition) is 2. The van der Waals surface area contributed by atoms with E-state index in [9.17, 15) is 23.3 Å². The van der Waals surface area contributed by atoms with Gasteiger partial charge in [-0.25, -0.2) is 0 Å². The molecule has 0 unspecified atom stereocenters. The van der Waals surface area contributed by atoms with Crippen molar-refractivity contribution in [3.05, 3.63) is 33.9 Å². The van der Waals surface area contributed by atoms with Gasteiger partial charge in [0.1, 0.15) is 5.69 Å². The average molecular weight is 306 g/mol. The van der Waals surface area contributed by atoms with Crippen LogP contribution in [-0.2, 0) is 6.54 Å². The summed E-state index contributed by atoms with van der Waals surface area (Å²) in [5.41, 5.74) is 2.56. The highest BCUT2D eigenvalue weighted by molar-refractivity contribution is 5.62. The van der Waals surface area contributed by atoms with Crippen LogP contribution in [0, 0.1) is 10.1 Å². The second kappa shape index (κ2) is 7.23. The number of hydrazine groups is 1. The van der Waals surface area contributed by atoms with E-state index in [1.807, 2.05) is 0 Å². The topological polar surface area (TPSA) is 84.4 Å². The minimum absolute atomic E-state index is 0.0417. The number of nitro benzene ring substituents is 1. The molecule has 0 amide bonds. The number of nitrogens with zero attached hydrogens (tertiary/aromatic N) is 2. The van der Waals surface area contributed by atoms with E-state index in [4.69, 9.17) is 5.84 Å². The second-order valence-electron chi connectivity index (χ2n) is 4.58. The van der Waals surface area contributed by atoms with Gasteiger partial charge in [0.2, 0.25) is 0 Å². The molecule has 0 aliphatic carbocycles. The van der Waals surface area contributed by atoms with Crippen molar-refractivity contribution < 1.29 is 18.1 Å². The van der Waals surface area contributed by atoms with Gasteiger partial charge in [0.05, 0.1) is 11.5 Å². The zero-order valence-electron chi connectivity index (χ0n) is 11.5. The van der Waals surface area contributed by atoms with Gasteiger partial charge in [-0.05, 0) is 24.6 Å². The van der Waals surface area contributed by atoms with Crippen LogP contribution < -0.4 is 11.3 Å². The zero-order valence-corrected chi connectivity index (χ0v) is 11.5. The molecule has 0 heterocycles. The van der Waals surface area contributed by atoms with Crippen molar-refractivity contribution in [1.82, 2.24) is 4.90 Å². The average Bonchev–Trinajstić information content (AvgIpc) is 2.36. The fraction of sp³-hybridized carbons (Fsp3) is 0.500. The summed E-state index contributed by atoms with van der Waals surface area (Å²) < 4.78 is 37.5. The maximum atomic E-state index is 12.5. The van der Waals surface area contributed by atoms with Gasteiger partial charge in [-0.15, -0.1) is 0 Å². The van der Waals surface area contributed by atoms with Crippen molar-refractivity contribution in [2.75, 3.05) is 18.5 Å². The highest BCUT2D eigenvalue weighted by atomic mass is 19.4. The van der Waals surface area contributed by atoms with Crippen LogP contribution in [0.3, 0.4) is 0 Å². The van der Waals surface area contributed by atoms with Gasteiger partial charge in [0.15, 0.2) is 0 Å². The van der Waals surface area contributed by atoms with Gasteiger partial charge in [0.25, 0.3) is 5.69 Å². The number of hydrogen-bond acceptors (Lipinski definition) is 5. The SMILES string of the molecule is CCCN(Cc1ccc([N+](=O)[O-])c(NN)c1)CC(F)(F)F. The molecular formula is C12H17F3N4O2. The van der Waals surface area contributed by atoms with Gasteiger partial charge < -0.3 is 5.43 Å². The largest absolute Gasteiger partial charge is 0.401 e. The monoisotopic (exact) mass is 306 g/mol. The van der Waals surface area contributed by atoms with E-state index in [1.54, 1.807) is 6.92 Å². The Hall–Kier alpha value is -1.87. The van der Waals surface area contributed by atoms with E-state index in [0.717, 1.165) is 0 Å². The lowest BCUT2D eigenvalue weighted by Crippen LogP contribution is -2.34. The maximum Gasteiger partial charge on any atom is 0.401 e. The molecule has 0 aliphatic rings. The van der Waals surface area contributed by atoms with E-state index in [-0.39, 0.29) is 24.5 Å². The molecule has 1 rings (SSSR count). The molecule has 21 heavy (non-hydrogen) atoms. The van der Waals surface area contributed by atoms with Crippen LogP contribution in [0.4, 0.5) is 24.5 Å². The first kappa shape index (κ1) is 17.2.